The van der Waals surface area contributed by atoms with Crippen molar-refractivity contribution >= 4 is 9.84 Å². The lowest BCUT2D eigenvalue weighted by molar-refractivity contribution is -0.0270. The molecule has 0 atom stereocenters. The number of alkyl halides is 2. The summed E-state index contributed by atoms with van der Waals surface area (Å²) >= 11 is 0. The van der Waals surface area contributed by atoms with Gasteiger partial charge in [-0.05, 0) is 12.1 Å². The van der Waals surface area contributed by atoms with Crippen molar-refractivity contribution in [2.75, 3.05) is 12.4 Å². The number of aliphatic hydroxyl groups is 1. The van der Waals surface area contributed by atoms with Crippen LogP contribution in [0.5, 0.6) is 0 Å². The first-order chi connectivity index (χ1) is 7.83. The Morgan fingerprint density at radius 2 is 1.76 bits per heavy atom. The molecule has 0 heterocycles. The summed E-state index contributed by atoms with van der Waals surface area (Å²) in [6, 6.07) is 4.50. The van der Waals surface area contributed by atoms with Gasteiger partial charge in [0.05, 0.1) is 10.6 Å². The Morgan fingerprint density at radius 1 is 1.24 bits per heavy atom. The molecule has 0 aromatic heterocycles. The van der Waals surface area contributed by atoms with Crippen LogP contribution in [0.25, 0.3) is 0 Å². The zero-order valence-electron chi connectivity index (χ0n) is 9.36. The number of benzene rings is 1. The van der Waals surface area contributed by atoms with Crippen LogP contribution < -0.4 is 0 Å². The summed E-state index contributed by atoms with van der Waals surface area (Å²) < 4.78 is 49.6. The van der Waals surface area contributed by atoms with Gasteiger partial charge in [-0.25, -0.2) is 17.2 Å². The number of hydrogen-bond donors (Lipinski definition) is 1. The topological polar surface area (TPSA) is 54.4 Å². The molecule has 1 aromatic rings. The Bertz CT molecular complexity index is 466. The highest BCUT2D eigenvalue weighted by Gasteiger charge is 2.30. The molecular formula is C11H14F2O3S. The van der Waals surface area contributed by atoms with Gasteiger partial charge >= 0.3 is 0 Å². The van der Waals surface area contributed by atoms with Crippen LogP contribution in [0, 0.1) is 0 Å². The molecule has 0 amide bonds. The maximum atomic E-state index is 13.4. The van der Waals surface area contributed by atoms with Crippen molar-refractivity contribution in [3.8, 4) is 0 Å². The van der Waals surface area contributed by atoms with Crippen LogP contribution >= 0.6 is 0 Å². The van der Waals surface area contributed by atoms with E-state index in [2.05, 4.69) is 0 Å². The van der Waals surface area contributed by atoms with E-state index in [9.17, 15) is 17.2 Å². The minimum Gasteiger partial charge on any atom is -0.396 e. The third kappa shape index (κ3) is 3.23. The largest absolute Gasteiger partial charge is 0.396 e. The third-order valence-electron chi connectivity index (χ3n) is 2.44. The Morgan fingerprint density at radius 3 is 2.18 bits per heavy atom. The van der Waals surface area contributed by atoms with E-state index in [0.29, 0.717) is 0 Å². The standard InChI is InChI=1S/C11H14F2O3S/c1-2-17(15,16)10-5-3-9(4-6-10)11(12,13)7-8-14/h3-6,14H,2,7-8H2,1H3. The molecule has 0 aliphatic carbocycles. The van der Waals surface area contributed by atoms with Crippen LogP contribution in [0.3, 0.4) is 0 Å². The molecule has 6 heteroatoms. The van der Waals surface area contributed by atoms with Gasteiger partial charge in [0, 0.05) is 18.6 Å². The maximum Gasteiger partial charge on any atom is 0.275 e. The van der Waals surface area contributed by atoms with E-state index in [0.717, 1.165) is 12.1 Å². The number of hydrogen-bond acceptors (Lipinski definition) is 3. The number of rotatable bonds is 5. The van der Waals surface area contributed by atoms with Gasteiger partial charge in [0.25, 0.3) is 5.92 Å². The van der Waals surface area contributed by atoms with Gasteiger partial charge in [-0.2, -0.15) is 0 Å². The minimum atomic E-state index is -3.37. The van der Waals surface area contributed by atoms with Crippen LogP contribution in [0.2, 0.25) is 0 Å². The van der Waals surface area contributed by atoms with E-state index in [1.54, 1.807) is 0 Å². The number of sulfone groups is 1. The highest BCUT2D eigenvalue weighted by molar-refractivity contribution is 7.91. The summed E-state index contributed by atoms with van der Waals surface area (Å²) in [6.45, 7) is 0.867. The second-order valence-electron chi connectivity index (χ2n) is 3.61. The van der Waals surface area contributed by atoms with E-state index < -0.39 is 28.8 Å². The summed E-state index contributed by atoms with van der Waals surface area (Å²) in [5.74, 6) is -3.21. The molecule has 0 fully saturated rings. The smallest absolute Gasteiger partial charge is 0.275 e. The first kappa shape index (κ1) is 14.1. The van der Waals surface area contributed by atoms with Crippen molar-refractivity contribution in [3.05, 3.63) is 29.8 Å². The van der Waals surface area contributed by atoms with Gasteiger partial charge in [-0.3, -0.25) is 0 Å². The number of aliphatic hydroxyl groups excluding tert-OH is 1. The fraction of sp³-hybridized carbons (Fsp3) is 0.455. The third-order valence-corrected chi connectivity index (χ3v) is 4.19. The Labute approximate surface area is 99.0 Å². The van der Waals surface area contributed by atoms with Gasteiger partial charge in [-0.1, -0.05) is 19.1 Å². The molecule has 0 radical (unpaired) electrons. The molecule has 17 heavy (non-hydrogen) atoms. The summed E-state index contributed by atoms with van der Waals surface area (Å²) in [5.41, 5.74) is -0.290. The minimum absolute atomic E-state index is 0.0311. The van der Waals surface area contributed by atoms with Crippen LogP contribution in [-0.2, 0) is 15.8 Å². The first-order valence-corrected chi connectivity index (χ1v) is 6.80. The molecule has 0 aliphatic heterocycles. The van der Waals surface area contributed by atoms with Crippen LogP contribution in [0.15, 0.2) is 29.2 Å². The van der Waals surface area contributed by atoms with E-state index in [1.807, 2.05) is 0 Å². The fourth-order valence-corrected chi connectivity index (χ4v) is 2.24. The highest BCUT2D eigenvalue weighted by Crippen LogP contribution is 2.31. The average Bonchev–Trinajstić information content (AvgIpc) is 2.29. The molecule has 0 saturated heterocycles. The monoisotopic (exact) mass is 264 g/mol. The van der Waals surface area contributed by atoms with E-state index in [1.165, 1.54) is 19.1 Å². The Hall–Kier alpha value is -1.01. The summed E-state index contributed by atoms with van der Waals surface area (Å²) in [4.78, 5) is 0.0311. The lowest BCUT2D eigenvalue weighted by Crippen LogP contribution is -2.15. The molecule has 1 rings (SSSR count). The molecule has 0 unspecified atom stereocenters. The summed E-state index contributed by atoms with van der Waals surface area (Å²) in [5, 5.41) is 8.51. The predicted octanol–water partition coefficient (Wildman–Crippen LogP) is 1.95. The van der Waals surface area contributed by atoms with Crippen LogP contribution in [0.1, 0.15) is 18.9 Å². The van der Waals surface area contributed by atoms with Gasteiger partial charge in [0.15, 0.2) is 9.84 Å². The maximum absolute atomic E-state index is 13.4. The molecule has 0 bridgehead atoms. The van der Waals surface area contributed by atoms with Crippen molar-refractivity contribution in [3.63, 3.8) is 0 Å². The average molecular weight is 264 g/mol. The molecule has 0 aliphatic rings. The van der Waals surface area contributed by atoms with Crippen molar-refractivity contribution in [1.82, 2.24) is 0 Å². The van der Waals surface area contributed by atoms with Gasteiger partial charge in [0.2, 0.25) is 0 Å². The molecule has 3 nitrogen and oxygen atoms in total. The molecular weight excluding hydrogens is 250 g/mol. The molecule has 1 N–H and O–H groups in total. The lowest BCUT2D eigenvalue weighted by Gasteiger charge is -2.15. The van der Waals surface area contributed by atoms with Gasteiger partial charge in [0.1, 0.15) is 0 Å². The van der Waals surface area contributed by atoms with Crippen LogP contribution in [-0.4, -0.2) is 25.9 Å². The van der Waals surface area contributed by atoms with E-state index in [-0.39, 0.29) is 16.2 Å². The molecule has 0 spiro atoms. The Balaban J connectivity index is 3.04. The van der Waals surface area contributed by atoms with Gasteiger partial charge < -0.3 is 5.11 Å². The van der Waals surface area contributed by atoms with Crippen molar-refractivity contribution in [1.29, 1.82) is 0 Å². The highest BCUT2D eigenvalue weighted by atomic mass is 32.2. The lowest BCUT2D eigenvalue weighted by atomic mass is 10.1. The predicted molar refractivity (Wildman–Crippen MR) is 59.8 cm³/mol. The van der Waals surface area contributed by atoms with Gasteiger partial charge in [-0.15, -0.1) is 0 Å². The molecule has 96 valence electrons. The summed E-state index contributed by atoms with van der Waals surface area (Å²) in [6.07, 6.45) is -0.674. The van der Waals surface area contributed by atoms with E-state index >= 15 is 0 Å². The first-order valence-electron chi connectivity index (χ1n) is 5.15. The number of halogens is 2. The second kappa shape index (κ2) is 5.10. The summed E-state index contributed by atoms with van der Waals surface area (Å²) in [7, 11) is -3.37. The molecule has 0 saturated carbocycles. The van der Waals surface area contributed by atoms with Crippen molar-refractivity contribution in [2.45, 2.75) is 24.2 Å². The SMILES string of the molecule is CCS(=O)(=O)c1ccc(C(F)(F)CCO)cc1. The Kier molecular flexibility index (Phi) is 4.21. The second-order valence-corrected chi connectivity index (χ2v) is 5.88. The normalized spacial score (nSPS) is 12.7. The van der Waals surface area contributed by atoms with E-state index in [4.69, 9.17) is 5.11 Å². The zero-order chi connectivity index (χ0) is 13.1. The molecule has 1 aromatic carbocycles. The fourth-order valence-electron chi connectivity index (χ4n) is 1.36. The zero-order valence-corrected chi connectivity index (χ0v) is 10.2. The quantitative estimate of drug-likeness (QED) is 0.884. The van der Waals surface area contributed by atoms with Crippen molar-refractivity contribution < 1.29 is 22.3 Å². The van der Waals surface area contributed by atoms with Crippen LogP contribution in [0.4, 0.5) is 8.78 Å². The van der Waals surface area contributed by atoms with Crippen molar-refractivity contribution in [2.24, 2.45) is 0 Å².